The number of benzene rings is 6. The van der Waals surface area contributed by atoms with Gasteiger partial charge in [0.25, 0.3) is 0 Å². The Morgan fingerprint density at radius 2 is 0.806 bits per heavy atom. The summed E-state index contributed by atoms with van der Waals surface area (Å²) in [4.78, 5) is 0. The van der Waals surface area contributed by atoms with Crippen molar-refractivity contribution in [3.05, 3.63) is 106 Å². The van der Waals surface area contributed by atoms with Crippen molar-refractivity contribution in [1.82, 2.24) is 0 Å². The highest BCUT2D eigenvalue weighted by Crippen LogP contribution is 2.52. The molecule has 0 N–H and O–H groups in total. The normalized spacial score (nSPS) is 16.0. The van der Waals surface area contributed by atoms with Gasteiger partial charge in [0.2, 0.25) is 0 Å². The Balaban J connectivity index is 1.52. The second kappa shape index (κ2) is 4.79. The van der Waals surface area contributed by atoms with Crippen LogP contribution in [0.3, 0.4) is 0 Å². The van der Waals surface area contributed by atoms with E-state index in [0.29, 0.717) is 0 Å². The van der Waals surface area contributed by atoms with Crippen LogP contribution < -0.4 is 10.4 Å². The second-order valence-electron chi connectivity index (χ2n) is 8.99. The Hall–Kier alpha value is -3.68. The van der Waals surface area contributed by atoms with Gasteiger partial charge in [-0.15, -0.1) is 0 Å². The van der Waals surface area contributed by atoms with E-state index < -0.39 is 0 Å². The molecule has 0 fully saturated rings. The van der Waals surface area contributed by atoms with Gasteiger partial charge < -0.3 is 0 Å². The summed E-state index contributed by atoms with van der Waals surface area (Å²) < 4.78 is 0. The van der Waals surface area contributed by atoms with Crippen molar-refractivity contribution in [2.75, 3.05) is 0 Å². The minimum absolute atomic E-state index is 0.727. The molecule has 9 rings (SSSR count). The molecule has 6 aromatic carbocycles. The van der Waals surface area contributed by atoms with Crippen LogP contribution in [-0.4, -0.2) is 9.52 Å². The van der Waals surface area contributed by atoms with E-state index in [1.165, 1.54) is 75.8 Å². The zero-order valence-electron chi connectivity index (χ0n) is 16.6. The van der Waals surface area contributed by atoms with Crippen LogP contribution in [0.25, 0.3) is 64.6 Å². The van der Waals surface area contributed by atoms with Crippen LogP contribution in [0.5, 0.6) is 0 Å². The van der Waals surface area contributed by atoms with Crippen molar-refractivity contribution in [2.45, 2.75) is 0 Å². The van der Waals surface area contributed by atoms with E-state index in [9.17, 15) is 0 Å². The lowest BCUT2D eigenvalue weighted by molar-refractivity contribution is 1.70. The monoisotopic (exact) mass is 402 g/mol. The van der Waals surface area contributed by atoms with Gasteiger partial charge in [0, 0.05) is 0 Å². The third kappa shape index (κ3) is 1.55. The number of rotatable bonds is 0. The molecule has 2 radical (unpaired) electrons. The Morgan fingerprint density at radius 1 is 0.387 bits per heavy atom. The highest BCUT2D eigenvalue weighted by Gasteiger charge is 2.37. The Labute approximate surface area is 180 Å². The predicted octanol–water partition coefficient (Wildman–Crippen LogP) is 5.61. The fourth-order valence-corrected chi connectivity index (χ4v) is 8.15. The predicted molar refractivity (Wildman–Crippen MR) is 133 cm³/mol. The topological polar surface area (TPSA) is 0 Å². The van der Waals surface area contributed by atoms with Crippen LogP contribution in [0.2, 0.25) is 0 Å². The first-order valence-corrected chi connectivity index (χ1v) is 11.9. The number of hydrogen-bond donors (Lipinski definition) is 0. The van der Waals surface area contributed by atoms with Gasteiger partial charge in [0.15, 0.2) is 0 Å². The summed E-state index contributed by atoms with van der Waals surface area (Å²) in [5, 5.41) is 17.3. The summed E-state index contributed by atoms with van der Waals surface area (Å²) in [6.45, 7) is 0. The van der Waals surface area contributed by atoms with E-state index in [2.05, 4.69) is 84.9 Å². The average Bonchev–Trinajstić information content (AvgIpc) is 3.44. The molecule has 1 heteroatoms. The van der Waals surface area contributed by atoms with Crippen molar-refractivity contribution in [2.24, 2.45) is 0 Å². The molecule has 0 unspecified atom stereocenters. The number of allylic oxidation sites excluding steroid dienone is 2. The number of hydrogen-bond acceptors (Lipinski definition) is 0. The van der Waals surface area contributed by atoms with E-state index in [4.69, 9.17) is 0 Å². The first kappa shape index (κ1) is 15.2. The fraction of sp³-hybridized carbons (Fsp3) is 0. The molecule has 0 saturated carbocycles. The van der Waals surface area contributed by atoms with E-state index in [1.807, 2.05) is 0 Å². The first-order chi connectivity index (χ1) is 15.4. The summed E-state index contributed by atoms with van der Waals surface area (Å²) in [6, 6.07) is 32.2. The number of fused-ring (bicyclic) bond motifs is 4. The van der Waals surface area contributed by atoms with E-state index in [0.717, 1.165) is 9.52 Å². The van der Waals surface area contributed by atoms with E-state index in [1.54, 1.807) is 10.4 Å². The summed E-state index contributed by atoms with van der Waals surface area (Å²) in [5.74, 6) is 0. The van der Waals surface area contributed by atoms with Crippen LogP contribution in [0.1, 0.15) is 11.1 Å². The molecule has 138 valence electrons. The molecule has 0 bridgehead atoms. The molecule has 1 heterocycles. The minimum Gasteiger partial charge on any atom is -0.0610 e. The van der Waals surface area contributed by atoms with Crippen LogP contribution >= 0.6 is 0 Å². The van der Waals surface area contributed by atoms with Crippen molar-refractivity contribution in [1.29, 1.82) is 0 Å². The molecular weight excluding hydrogens is 388 g/mol. The largest absolute Gasteiger partial charge is 0.124 e. The standard InChI is InChI=1S/C30H14Si/c1-3-15-7-11-19-25-21(13-9-17(5-1)23(15)25)29-27(19)28-20-12-8-16-4-2-6-18-10-14-22(30(28)31-29)26(20)24(16)18/h1-14H. The van der Waals surface area contributed by atoms with Crippen molar-refractivity contribution in [3.8, 4) is 0 Å². The van der Waals surface area contributed by atoms with Crippen molar-refractivity contribution < 1.29 is 0 Å². The maximum Gasteiger partial charge on any atom is 0.124 e. The van der Waals surface area contributed by atoms with Gasteiger partial charge in [-0.05, 0) is 86.2 Å². The lowest BCUT2D eigenvalue weighted by atomic mass is 9.92. The first-order valence-electron chi connectivity index (χ1n) is 10.9. The third-order valence-corrected chi connectivity index (χ3v) is 9.17. The fourth-order valence-electron chi connectivity index (χ4n) is 6.44. The highest BCUT2D eigenvalue weighted by atomic mass is 28.2. The van der Waals surface area contributed by atoms with Gasteiger partial charge in [-0.1, -0.05) is 84.9 Å². The Morgan fingerprint density at radius 3 is 1.26 bits per heavy atom. The molecule has 6 aromatic rings. The van der Waals surface area contributed by atoms with Crippen molar-refractivity contribution in [3.63, 3.8) is 0 Å². The quantitative estimate of drug-likeness (QED) is 0.290. The average molecular weight is 403 g/mol. The van der Waals surface area contributed by atoms with Gasteiger partial charge in [-0.3, -0.25) is 0 Å². The van der Waals surface area contributed by atoms with Gasteiger partial charge >= 0.3 is 0 Å². The molecule has 0 spiro atoms. The van der Waals surface area contributed by atoms with Crippen LogP contribution in [0, 0.1) is 0 Å². The van der Waals surface area contributed by atoms with Gasteiger partial charge in [-0.2, -0.15) is 0 Å². The van der Waals surface area contributed by atoms with Gasteiger partial charge in [0.1, 0.15) is 9.52 Å². The van der Waals surface area contributed by atoms with Crippen LogP contribution in [-0.2, 0) is 0 Å². The van der Waals surface area contributed by atoms with Crippen molar-refractivity contribution >= 4 is 74.1 Å². The van der Waals surface area contributed by atoms with E-state index in [-0.39, 0.29) is 0 Å². The smallest absolute Gasteiger partial charge is 0.0610 e. The van der Waals surface area contributed by atoms with Crippen LogP contribution in [0.4, 0.5) is 0 Å². The zero-order chi connectivity index (χ0) is 19.8. The molecule has 31 heavy (non-hydrogen) atoms. The summed E-state index contributed by atoms with van der Waals surface area (Å²) in [6.07, 6.45) is 0. The lowest BCUT2D eigenvalue weighted by Crippen LogP contribution is -2.10. The van der Waals surface area contributed by atoms with Gasteiger partial charge in [0.05, 0.1) is 0 Å². The molecule has 1 aliphatic heterocycles. The third-order valence-electron chi connectivity index (χ3n) is 7.63. The molecule has 0 nitrogen and oxygen atoms in total. The molecule has 0 amide bonds. The van der Waals surface area contributed by atoms with Gasteiger partial charge in [-0.25, -0.2) is 0 Å². The van der Waals surface area contributed by atoms with Crippen LogP contribution in [0.15, 0.2) is 84.9 Å². The lowest BCUT2D eigenvalue weighted by Gasteiger charge is -2.11. The molecule has 3 aliphatic rings. The summed E-state index contributed by atoms with van der Waals surface area (Å²) in [5.41, 5.74) is 5.89. The Bertz CT molecular complexity index is 1830. The second-order valence-corrected chi connectivity index (χ2v) is 10.2. The summed E-state index contributed by atoms with van der Waals surface area (Å²) >= 11 is 0. The molecule has 0 atom stereocenters. The SMILES string of the molecule is c1cc2ccc3c4c(ccc(c1)c24)=C1[Si]C2=c4ccc5cccc6ccc(c4c65)C2=C13. The summed E-state index contributed by atoms with van der Waals surface area (Å²) in [7, 11) is 0.727. The maximum absolute atomic E-state index is 2.38. The minimum atomic E-state index is 0.727. The van der Waals surface area contributed by atoms with E-state index >= 15 is 0 Å². The zero-order valence-corrected chi connectivity index (χ0v) is 17.6. The molecule has 0 saturated heterocycles. The molecule has 2 aliphatic carbocycles. The highest BCUT2D eigenvalue weighted by molar-refractivity contribution is 6.90. The maximum atomic E-state index is 2.38. The molecule has 0 aromatic heterocycles. The Kier molecular flexibility index (Phi) is 2.35. The molecular formula is C30H14Si.